The van der Waals surface area contributed by atoms with Crippen LogP contribution >= 0.6 is 0 Å². The van der Waals surface area contributed by atoms with Gasteiger partial charge in [-0.2, -0.15) is 0 Å². The van der Waals surface area contributed by atoms with Gasteiger partial charge in [-0.25, -0.2) is 13.6 Å². The van der Waals surface area contributed by atoms with Crippen molar-refractivity contribution in [1.29, 1.82) is 0 Å². The van der Waals surface area contributed by atoms with Gasteiger partial charge in [0.15, 0.2) is 0 Å². The molecule has 4 heteroatoms. The van der Waals surface area contributed by atoms with Crippen molar-refractivity contribution in [3.63, 3.8) is 0 Å². The van der Waals surface area contributed by atoms with E-state index in [0.717, 1.165) is 12.8 Å². The topological polar surface area (TPSA) is 26.3 Å². The van der Waals surface area contributed by atoms with Gasteiger partial charge in [0.05, 0.1) is 6.61 Å². The summed E-state index contributed by atoms with van der Waals surface area (Å²) in [5.74, 6) is -2.82. The Morgan fingerprint density at radius 3 is 2.75 bits per heavy atom. The molecule has 0 radical (unpaired) electrons. The third-order valence-corrected chi connectivity index (χ3v) is 2.64. The summed E-state index contributed by atoms with van der Waals surface area (Å²) in [6.07, 6.45) is 5.24. The predicted molar refractivity (Wildman–Crippen MR) is 57.3 cm³/mol. The number of hydrogen-bond donors (Lipinski definition) is 0. The van der Waals surface area contributed by atoms with Gasteiger partial charge in [-0.05, 0) is 18.8 Å². The molecule has 0 aliphatic heterocycles. The lowest BCUT2D eigenvalue weighted by molar-refractivity contribution is -0.137. The molecule has 0 N–H and O–H groups in total. The van der Waals surface area contributed by atoms with Crippen molar-refractivity contribution in [1.82, 2.24) is 0 Å². The molecule has 0 aromatic carbocycles. The first-order valence-corrected chi connectivity index (χ1v) is 5.74. The van der Waals surface area contributed by atoms with Crippen LogP contribution in [0.2, 0.25) is 0 Å². The standard InChI is InChI=1S/C12H18F2O2/c1-2-3-7-16-11(15)6-4-5-10-8-12(13,14)9-10/h4,6,10H,2-3,5,7-9H2,1H3/b6-4-. The molecule has 1 rings (SSSR count). The smallest absolute Gasteiger partial charge is 0.330 e. The molecule has 0 unspecified atom stereocenters. The Balaban J connectivity index is 2.06. The van der Waals surface area contributed by atoms with Crippen LogP contribution in [0.4, 0.5) is 8.78 Å². The van der Waals surface area contributed by atoms with Gasteiger partial charge in [0.2, 0.25) is 5.92 Å². The SMILES string of the molecule is CCCCOC(=O)/C=C\CC1CC(F)(F)C1. The number of allylic oxidation sites excluding steroid dienone is 1. The maximum atomic E-state index is 12.5. The van der Waals surface area contributed by atoms with Crippen LogP contribution in [0, 0.1) is 5.92 Å². The van der Waals surface area contributed by atoms with E-state index in [0.29, 0.717) is 13.0 Å². The second-order valence-corrected chi connectivity index (χ2v) is 4.29. The third-order valence-electron chi connectivity index (χ3n) is 2.64. The normalized spacial score (nSPS) is 19.7. The number of rotatable bonds is 6. The van der Waals surface area contributed by atoms with Crippen LogP contribution in [0.3, 0.4) is 0 Å². The van der Waals surface area contributed by atoms with Crippen molar-refractivity contribution in [3.8, 4) is 0 Å². The van der Waals surface area contributed by atoms with Gasteiger partial charge in [-0.1, -0.05) is 19.4 Å². The van der Waals surface area contributed by atoms with Crippen molar-refractivity contribution in [3.05, 3.63) is 12.2 Å². The van der Waals surface area contributed by atoms with Gasteiger partial charge in [-0.3, -0.25) is 0 Å². The molecule has 0 bridgehead atoms. The number of esters is 1. The zero-order valence-electron chi connectivity index (χ0n) is 9.55. The van der Waals surface area contributed by atoms with E-state index in [-0.39, 0.29) is 24.7 Å². The average molecular weight is 232 g/mol. The molecule has 0 saturated heterocycles. The number of carbonyl (C=O) groups excluding carboxylic acids is 1. The number of alkyl halides is 2. The van der Waals surface area contributed by atoms with Gasteiger partial charge >= 0.3 is 5.97 Å². The highest BCUT2D eigenvalue weighted by atomic mass is 19.3. The summed E-state index contributed by atoms with van der Waals surface area (Å²) in [4.78, 5) is 11.1. The summed E-state index contributed by atoms with van der Waals surface area (Å²) < 4.78 is 29.8. The molecule has 2 nitrogen and oxygen atoms in total. The van der Waals surface area contributed by atoms with Gasteiger partial charge in [0, 0.05) is 18.9 Å². The van der Waals surface area contributed by atoms with E-state index in [1.54, 1.807) is 6.08 Å². The summed E-state index contributed by atoms with van der Waals surface area (Å²) in [6, 6.07) is 0. The molecule has 1 fully saturated rings. The van der Waals surface area contributed by atoms with E-state index in [9.17, 15) is 13.6 Å². The molecule has 92 valence electrons. The second-order valence-electron chi connectivity index (χ2n) is 4.29. The zero-order valence-corrected chi connectivity index (χ0v) is 9.55. The molecule has 1 aliphatic carbocycles. The van der Waals surface area contributed by atoms with Crippen LogP contribution in [0.25, 0.3) is 0 Å². The van der Waals surface area contributed by atoms with E-state index < -0.39 is 5.92 Å². The highest BCUT2D eigenvalue weighted by Crippen LogP contribution is 2.44. The molecular formula is C12H18F2O2. The fraction of sp³-hybridized carbons (Fsp3) is 0.750. The Morgan fingerprint density at radius 1 is 1.50 bits per heavy atom. The summed E-state index contributed by atoms with van der Waals surface area (Å²) in [5, 5.41) is 0. The molecule has 0 atom stereocenters. The van der Waals surface area contributed by atoms with Crippen molar-refractivity contribution in [2.75, 3.05) is 6.61 Å². The fourth-order valence-corrected chi connectivity index (χ4v) is 1.67. The summed E-state index contributed by atoms with van der Waals surface area (Å²) in [6.45, 7) is 2.45. The number of unbranched alkanes of at least 4 members (excludes halogenated alkanes) is 1. The van der Waals surface area contributed by atoms with Gasteiger partial charge in [0.1, 0.15) is 0 Å². The molecular weight excluding hydrogens is 214 g/mol. The lowest BCUT2D eigenvalue weighted by atomic mass is 9.79. The van der Waals surface area contributed by atoms with Gasteiger partial charge < -0.3 is 4.74 Å². The van der Waals surface area contributed by atoms with Crippen LogP contribution in [0.1, 0.15) is 39.0 Å². The molecule has 16 heavy (non-hydrogen) atoms. The first-order valence-electron chi connectivity index (χ1n) is 5.74. The summed E-state index contributed by atoms with van der Waals surface area (Å²) in [5.41, 5.74) is 0. The van der Waals surface area contributed by atoms with E-state index >= 15 is 0 Å². The first kappa shape index (κ1) is 13.1. The Labute approximate surface area is 94.7 Å². The van der Waals surface area contributed by atoms with Crippen LogP contribution in [-0.4, -0.2) is 18.5 Å². The van der Waals surface area contributed by atoms with E-state index in [1.807, 2.05) is 6.92 Å². The van der Waals surface area contributed by atoms with Crippen molar-refractivity contribution < 1.29 is 18.3 Å². The molecule has 1 saturated carbocycles. The van der Waals surface area contributed by atoms with E-state index in [1.165, 1.54) is 6.08 Å². The average Bonchev–Trinajstić information content (AvgIpc) is 2.15. The quantitative estimate of drug-likeness (QED) is 0.399. The Bertz CT molecular complexity index is 254. The largest absolute Gasteiger partial charge is 0.463 e. The predicted octanol–water partition coefficient (Wildman–Crippen LogP) is 3.32. The minimum Gasteiger partial charge on any atom is -0.463 e. The van der Waals surface area contributed by atoms with Crippen LogP contribution < -0.4 is 0 Å². The van der Waals surface area contributed by atoms with Gasteiger partial charge in [-0.15, -0.1) is 0 Å². The maximum Gasteiger partial charge on any atom is 0.330 e. The van der Waals surface area contributed by atoms with Crippen LogP contribution in [0.15, 0.2) is 12.2 Å². The molecule has 0 aromatic rings. The Kier molecular flexibility index (Phi) is 4.90. The van der Waals surface area contributed by atoms with Gasteiger partial charge in [0.25, 0.3) is 0 Å². The molecule has 0 heterocycles. The lowest BCUT2D eigenvalue weighted by Crippen LogP contribution is -2.34. The molecule has 0 amide bonds. The molecule has 0 aromatic heterocycles. The van der Waals surface area contributed by atoms with E-state index in [2.05, 4.69) is 0 Å². The lowest BCUT2D eigenvalue weighted by Gasteiger charge is -2.34. The monoisotopic (exact) mass is 232 g/mol. The number of carbonyl (C=O) groups is 1. The Morgan fingerprint density at radius 2 is 2.19 bits per heavy atom. The third kappa shape index (κ3) is 4.73. The molecule has 1 aliphatic rings. The fourth-order valence-electron chi connectivity index (χ4n) is 1.67. The number of halogens is 2. The minimum atomic E-state index is -2.47. The maximum absolute atomic E-state index is 12.5. The van der Waals surface area contributed by atoms with Crippen LogP contribution in [0.5, 0.6) is 0 Å². The summed E-state index contributed by atoms with van der Waals surface area (Å²) >= 11 is 0. The van der Waals surface area contributed by atoms with E-state index in [4.69, 9.17) is 4.74 Å². The highest BCUT2D eigenvalue weighted by Gasteiger charge is 2.44. The minimum absolute atomic E-state index is 0.0229. The molecule has 0 spiro atoms. The number of ether oxygens (including phenoxy) is 1. The zero-order chi connectivity index (χ0) is 12.0. The highest BCUT2D eigenvalue weighted by molar-refractivity contribution is 5.81. The van der Waals surface area contributed by atoms with Crippen molar-refractivity contribution >= 4 is 5.97 Å². The van der Waals surface area contributed by atoms with Crippen molar-refractivity contribution in [2.24, 2.45) is 5.92 Å². The second kappa shape index (κ2) is 5.97. The van der Waals surface area contributed by atoms with Crippen molar-refractivity contribution in [2.45, 2.75) is 45.0 Å². The number of hydrogen-bond acceptors (Lipinski definition) is 2. The Hall–Kier alpha value is -0.930. The first-order chi connectivity index (χ1) is 7.53. The summed E-state index contributed by atoms with van der Waals surface area (Å²) in [7, 11) is 0. The van der Waals surface area contributed by atoms with Crippen LogP contribution in [-0.2, 0) is 9.53 Å².